The van der Waals surface area contributed by atoms with Gasteiger partial charge in [-0.25, -0.2) is 0 Å². The molecule has 32 heavy (non-hydrogen) atoms. The zero-order chi connectivity index (χ0) is 23.1. The van der Waals surface area contributed by atoms with Crippen LogP contribution in [0.25, 0.3) is 0 Å². The summed E-state index contributed by atoms with van der Waals surface area (Å²) in [4.78, 5) is 42.2. The number of carboxylic acids is 1. The van der Waals surface area contributed by atoms with E-state index in [4.69, 9.17) is 15.9 Å². The maximum absolute atomic E-state index is 12.7. The molecule has 2 aromatic rings. The number of nitrogens with two attached hydrogens (primary N) is 1. The van der Waals surface area contributed by atoms with Crippen LogP contribution in [0.15, 0.2) is 48.7 Å². The van der Waals surface area contributed by atoms with Crippen molar-refractivity contribution in [1.29, 1.82) is 5.41 Å². The van der Waals surface area contributed by atoms with Gasteiger partial charge in [0.2, 0.25) is 0 Å². The number of rotatable bonds is 10. The molecule has 1 saturated heterocycles. The fourth-order valence-electron chi connectivity index (χ4n) is 3.84. The number of hydrogen-bond donors (Lipinski definition) is 4. The summed E-state index contributed by atoms with van der Waals surface area (Å²) in [5, 5.41) is 19.6. The van der Waals surface area contributed by atoms with Gasteiger partial charge in [-0.3, -0.25) is 24.8 Å². The first-order valence-corrected chi connectivity index (χ1v) is 10.1. The lowest BCUT2D eigenvalue weighted by atomic mass is 9.83. The predicted octanol–water partition coefficient (Wildman–Crippen LogP) is 0.853. The first kappa shape index (κ1) is 22.7. The summed E-state index contributed by atoms with van der Waals surface area (Å²) in [7, 11) is 0. The Morgan fingerprint density at radius 1 is 1.25 bits per heavy atom. The van der Waals surface area contributed by atoms with Gasteiger partial charge < -0.3 is 25.8 Å². The molecule has 2 heterocycles. The summed E-state index contributed by atoms with van der Waals surface area (Å²) in [5.74, 6) is -2.10. The van der Waals surface area contributed by atoms with Gasteiger partial charge >= 0.3 is 17.8 Å². The number of nitrogens with one attached hydrogen (secondary N) is 2. The number of hydrogen-bond acceptors (Lipinski definition) is 6. The zero-order valence-corrected chi connectivity index (χ0v) is 17.4. The second-order valence-corrected chi connectivity index (χ2v) is 7.42. The highest BCUT2D eigenvalue weighted by Gasteiger charge is 2.46. The van der Waals surface area contributed by atoms with Gasteiger partial charge in [0.25, 0.3) is 0 Å². The number of benzene rings is 1. The number of nitrogens with zero attached hydrogens (tertiary/aromatic N) is 2. The molecule has 3 rings (SSSR count). The number of carbonyl (C=O) groups is 3. The van der Waals surface area contributed by atoms with Gasteiger partial charge in [0, 0.05) is 24.8 Å². The van der Waals surface area contributed by atoms with Crippen LogP contribution in [0.2, 0.25) is 0 Å². The Balaban J connectivity index is 1.81. The van der Waals surface area contributed by atoms with E-state index in [0.29, 0.717) is 23.4 Å². The number of pyridine rings is 1. The molecule has 0 bridgehead atoms. The van der Waals surface area contributed by atoms with Crippen LogP contribution in [-0.4, -0.2) is 58.3 Å². The summed E-state index contributed by atoms with van der Waals surface area (Å²) in [6.07, 6.45) is 1.79. The first-order valence-electron chi connectivity index (χ1n) is 10.1. The van der Waals surface area contributed by atoms with Crippen LogP contribution >= 0.6 is 0 Å². The third kappa shape index (κ3) is 5.02. The van der Waals surface area contributed by atoms with E-state index in [-0.39, 0.29) is 32.0 Å². The SMILES string of the molecule is N=C(N)c1ccc(OCCCC(CC(=O)O)(c2ccccn2)N2CCNC(=O)C2=O)cc1. The van der Waals surface area contributed by atoms with E-state index in [0.717, 1.165) is 0 Å². The van der Waals surface area contributed by atoms with Gasteiger partial charge in [-0.05, 0) is 49.2 Å². The maximum Gasteiger partial charge on any atom is 0.312 e. The van der Waals surface area contributed by atoms with Crippen molar-refractivity contribution < 1.29 is 24.2 Å². The van der Waals surface area contributed by atoms with Crippen molar-refractivity contribution in [3.63, 3.8) is 0 Å². The Morgan fingerprint density at radius 3 is 2.62 bits per heavy atom. The molecule has 10 heteroatoms. The Hall–Kier alpha value is -3.95. The average Bonchev–Trinajstić information content (AvgIpc) is 2.78. The Kier molecular flexibility index (Phi) is 7.04. The lowest BCUT2D eigenvalue weighted by molar-refractivity contribution is -0.157. The third-order valence-electron chi connectivity index (χ3n) is 5.33. The van der Waals surface area contributed by atoms with Gasteiger partial charge in [-0.15, -0.1) is 0 Å². The van der Waals surface area contributed by atoms with Gasteiger partial charge in [0.15, 0.2) is 0 Å². The molecule has 1 aliphatic rings. The molecular weight excluding hydrogens is 414 g/mol. The molecule has 10 nitrogen and oxygen atoms in total. The van der Waals surface area contributed by atoms with E-state index >= 15 is 0 Å². The van der Waals surface area contributed by atoms with Crippen molar-refractivity contribution in [3.8, 4) is 5.75 Å². The summed E-state index contributed by atoms with van der Waals surface area (Å²) in [6, 6.07) is 11.8. The van der Waals surface area contributed by atoms with E-state index in [9.17, 15) is 19.5 Å². The number of amidine groups is 1. The lowest BCUT2D eigenvalue weighted by Gasteiger charge is -2.44. The summed E-state index contributed by atoms with van der Waals surface area (Å²) >= 11 is 0. The van der Waals surface area contributed by atoms with Crippen LogP contribution in [0.1, 0.15) is 30.5 Å². The molecule has 0 aliphatic carbocycles. The van der Waals surface area contributed by atoms with E-state index in [2.05, 4.69) is 10.3 Å². The summed E-state index contributed by atoms with van der Waals surface area (Å²) in [5.41, 5.74) is 5.15. The standard InChI is InChI=1S/C22H25N5O5/c23-19(24)15-5-7-16(8-6-15)32-13-3-9-22(14-18(28)29,17-4-1-2-10-25-17)27-12-11-26-20(30)21(27)31/h1-2,4-8,10H,3,9,11-14H2,(H3,23,24)(H,26,30)(H,28,29). The first-order chi connectivity index (χ1) is 15.3. The van der Waals surface area contributed by atoms with Crippen LogP contribution in [0, 0.1) is 5.41 Å². The number of piperazine rings is 1. The summed E-state index contributed by atoms with van der Waals surface area (Å²) in [6.45, 7) is 0.668. The molecule has 0 spiro atoms. The van der Waals surface area contributed by atoms with Crippen LogP contribution in [0.3, 0.4) is 0 Å². The maximum atomic E-state index is 12.7. The highest BCUT2D eigenvalue weighted by atomic mass is 16.5. The predicted molar refractivity (Wildman–Crippen MR) is 115 cm³/mol. The number of amides is 2. The van der Waals surface area contributed by atoms with Crippen LogP contribution in [0.5, 0.6) is 5.75 Å². The number of carboxylic acid groups (broad SMARTS) is 1. The molecule has 1 aliphatic heterocycles. The molecule has 2 amide bonds. The van der Waals surface area contributed by atoms with Gasteiger partial charge in [-0.2, -0.15) is 0 Å². The highest BCUT2D eigenvalue weighted by molar-refractivity contribution is 6.35. The third-order valence-corrected chi connectivity index (χ3v) is 5.33. The molecular formula is C22H25N5O5. The Bertz CT molecular complexity index is 996. The monoisotopic (exact) mass is 439 g/mol. The van der Waals surface area contributed by atoms with E-state index in [1.165, 1.54) is 11.1 Å². The van der Waals surface area contributed by atoms with Gasteiger partial charge in [0.1, 0.15) is 11.6 Å². The quantitative estimate of drug-likeness (QED) is 0.185. The minimum absolute atomic E-state index is 0.0411. The Labute approximate surface area is 184 Å². The van der Waals surface area contributed by atoms with Crippen molar-refractivity contribution in [1.82, 2.24) is 15.2 Å². The molecule has 0 saturated carbocycles. The molecule has 168 valence electrons. The highest BCUT2D eigenvalue weighted by Crippen LogP contribution is 2.37. The molecule has 1 unspecified atom stereocenters. The van der Waals surface area contributed by atoms with E-state index in [1.54, 1.807) is 42.5 Å². The molecule has 1 fully saturated rings. The van der Waals surface area contributed by atoms with Crippen molar-refractivity contribution in [3.05, 3.63) is 59.9 Å². The zero-order valence-electron chi connectivity index (χ0n) is 17.4. The Morgan fingerprint density at radius 2 is 2.00 bits per heavy atom. The number of ether oxygens (including phenoxy) is 1. The topological polar surface area (TPSA) is 159 Å². The van der Waals surface area contributed by atoms with Crippen LogP contribution in [0.4, 0.5) is 0 Å². The lowest BCUT2D eigenvalue weighted by Crippen LogP contribution is -2.61. The fourth-order valence-corrected chi connectivity index (χ4v) is 3.84. The summed E-state index contributed by atoms with van der Waals surface area (Å²) < 4.78 is 5.75. The molecule has 1 aromatic carbocycles. The second kappa shape index (κ2) is 9.90. The average molecular weight is 439 g/mol. The minimum Gasteiger partial charge on any atom is -0.494 e. The van der Waals surface area contributed by atoms with Crippen molar-refractivity contribution in [2.45, 2.75) is 24.8 Å². The largest absolute Gasteiger partial charge is 0.494 e. The smallest absolute Gasteiger partial charge is 0.312 e. The fraction of sp³-hybridized carbons (Fsp3) is 0.318. The van der Waals surface area contributed by atoms with Crippen molar-refractivity contribution in [2.24, 2.45) is 5.73 Å². The van der Waals surface area contributed by atoms with Gasteiger partial charge in [-0.1, -0.05) is 6.07 Å². The van der Waals surface area contributed by atoms with Crippen molar-refractivity contribution >= 4 is 23.6 Å². The number of carbonyl (C=O) groups excluding carboxylic acids is 2. The number of aromatic nitrogens is 1. The normalized spacial score (nSPS) is 15.6. The molecule has 1 aromatic heterocycles. The van der Waals surface area contributed by atoms with Crippen LogP contribution < -0.4 is 15.8 Å². The van der Waals surface area contributed by atoms with Gasteiger partial charge in [0.05, 0.1) is 24.3 Å². The minimum atomic E-state index is -1.29. The number of aliphatic carboxylic acids is 1. The van der Waals surface area contributed by atoms with Crippen molar-refractivity contribution in [2.75, 3.05) is 19.7 Å². The van der Waals surface area contributed by atoms with E-state index in [1.807, 2.05) is 0 Å². The van der Waals surface area contributed by atoms with E-state index < -0.39 is 29.7 Å². The molecule has 0 radical (unpaired) electrons. The molecule has 5 N–H and O–H groups in total. The molecule has 1 atom stereocenters. The number of nitrogen functional groups attached to an aromatic ring is 1. The van der Waals surface area contributed by atoms with Crippen LogP contribution in [-0.2, 0) is 19.9 Å². The second-order valence-electron chi connectivity index (χ2n) is 7.42.